The minimum absolute atomic E-state index is 0.163. The molecule has 2 aromatic carbocycles. The number of nitrogens with one attached hydrogen (secondary N) is 1. The van der Waals surface area contributed by atoms with Gasteiger partial charge in [0.2, 0.25) is 5.91 Å². The third kappa shape index (κ3) is 4.79. The standard InChI is InChI=1S/C20H18ClFN4OS/c1-3-12-26-18(14-4-8-16(22)9-5-14)24-25-20(26)28-13(2)19(27)23-17-10-6-15(21)7-11-17/h3-11,13H,1,12H2,2H3,(H,23,27)/t13-/m0/s1. The molecular weight excluding hydrogens is 399 g/mol. The van der Waals surface area contributed by atoms with Crippen LogP contribution in [-0.2, 0) is 11.3 Å². The van der Waals surface area contributed by atoms with E-state index in [4.69, 9.17) is 11.6 Å². The van der Waals surface area contributed by atoms with Crippen molar-refractivity contribution >= 4 is 35.0 Å². The van der Waals surface area contributed by atoms with Gasteiger partial charge in [0.25, 0.3) is 0 Å². The van der Waals surface area contributed by atoms with Crippen LogP contribution in [-0.4, -0.2) is 25.9 Å². The molecule has 144 valence electrons. The van der Waals surface area contributed by atoms with Crippen molar-refractivity contribution < 1.29 is 9.18 Å². The molecule has 8 heteroatoms. The van der Waals surface area contributed by atoms with Gasteiger partial charge in [-0.15, -0.1) is 16.8 Å². The summed E-state index contributed by atoms with van der Waals surface area (Å²) in [6, 6.07) is 12.9. The topological polar surface area (TPSA) is 59.8 Å². The molecule has 0 aliphatic rings. The number of amides is 1. The summed E-state index contributed by atoms with van der Waals surface area (Å²) in [5.41, 5.74) is 1.40. The minimum atomic E-state index is -0.412. The second kappa shape index (κ2) is 9.03. The molecule has 0 unspecified atom stereocenters. The molecule has 28 heavy (non-hydrogen) atoms. The molecule has 0 fully saturated rings. The number of carbonyl (C=O) groups excluding carboxylic acids is 1. The van der Waals surface area contributed by atoms with Gasteiger partial charge < -0.3 is 5.32 Å². The van der Waals surface area contributed by atoms with Crippen molar-refractivity contribution in [2.75, 3.05) is 5.32 Å². The predicted octanol–water partition coefficient (Wildman–Crippen LogP) is 5.04. The van der Waals surface area contributed by atoms with E-state index in [0.29, 0.717) is 28.2 Å². The SMILES string of the molecule is C=CCn1c(S[C@@H](C)C(=O)Nc2ccc(Cl)cc2)nnc1-c1ccc(F)cc1. The van der Waals surface area contributed by atoms with E-state index in [0.717, 1.165) is 5.56 Å². The van der Waals surface area contributed by atoms with E-state index in [1.807, 2.05) is 4.57 Å². The molecule has 0 saturated heterocycles. The van der Waals surface area contributed by atoms with Gasteiger partial charge in [-0.2, -0.15) is 0 Å². The highest BCUT2D eigenvalue weighted by atomic mass is 35.5. The van der Waals surface area contributed by atoms with Crippen molar-refractivity contribution in [3.8, 4) is 11.4 Å². The van der Waals surface area contributed by atoms with Gasteiger partial charge in [0.15, 0.2) is 11.0 Å². The molecular formula is C20H18ClFN4OS. The fourth-order valence-corrected chi connectivity index (χ4v) is 3.46. The number of halogens is 2. The van der Waals surface area contributed by atoms with Crippen LogP contribution in [0.2, 0.25) is 5.02 Å². The molecule has 0 radical (unpaired) electrons. The maximum absolute atomic E-state index is 13.2. The molecule has 1 heterocycles. The lowest BCUT2D eigenvalue weighted by atomic mass is 10.2. The number of aromatic nitrogens is 3. The molecule has 1 amide bonds. The molecule has 3 aromatic rings. The molecule has 1 N–H and O–H groups in total. The second-order valence-corrected chi connectivity index (χ2v) is 7.71. The number of nitrogens with zero attached hydrogens (tertiary/aromatic N) is 3. The molecule has 0 aliphatic heterocycles. The zero-order valence-corrected chi connectivity index (χ0v) is 16.7. The van der Waals surface area contributed by atoms with Crippen LogP contribution in [0.1, 0.15) is 6.92 Å². The van der Waals surface area contributed by atoms with E-state index < -0.39 is 5.25 Å². The predicted molar refractivity (Wildman–Crippen MR) is 111 cm³/mol. The van der Waals surface area contributed by atoms with Gasteiger partial charge >= 0.3 is 0 Å². The minimum Gasteiger partial charge on any atom is -0.325 e. The Bertz CT molecular complexity index is 973. The molecule has 5 nitrogen and oxygen atoms in total. The zero-order valence-electron chi connectivity index (χ0n) is 15.1. The number of rotatable bonds is 7. The summed E-state index contributed by atoms with van der Waals surface area (Å²) in [4.78, 5) is 12.5. The van der Waals surface area contributed by atoms with Crippen molar-refractivity contribution in [1.82, 2.24) is 14.8 Å². The van der Waals surface area contributed by atoms with Crippen LogP contribution in [0.15, 0.2) is 66.3 Å². The Hall–Kier alpha value is -2.64. The van der Waals surface area contributed by atoms with E-state index in [-0.39, 0.29) is 11.7 Å². The molecule has 0 aliphatic carbocycles. The van der Waals surface area contributed by atoms with Crippen molar-refractivity contribution in [1.29, 1.82) is 0 Å². The van der Waals surface area contributed by atoms with Crippen molar-refractivity contribution in [3.05, 3.63) is 72.0 Å². The van der Waals surface area contributed by atoms with Crippen LogP contribution in [0.3, 0.4) is 0 Å². The summed E-state index contributed by atoms with van der Waals surface area (Å²) >= 11 is 7.15. The third-order valence-corrected chi connectivity index (χ3v) is 5.23. The Kier molecular flexibility index (Phi) is 6.49. The lowest BCUT2D eigenvalue weighted by Gasteiger charge is -2.13. The van der Waals surface area contributed by atoms with E-state index in [1.54, 1.807) is 49.4 Å². The average Bonchev–Trinajstić information content (AvgIpc) is 3.07. The van der Waals surface area contributed by atoms with Crippen LogP contribution in [0.4, 0.5) is 10.1 Å². The van der Waals surface area contributed by atoms with Crippen LogP contribution in [0.25, 0.3) is 11.4 Å². The summed E-state index contributed by atoms with van der Waals surface area (Å²) in [6.45, 7) is 6.02. The monoisotopic (exact) mass is 416 g/mol. The van der Waals surface area contributed by atoms with Gasteiger partial charge in [0.1, 0.15) is 5.82 Å². The van der Waals surface area contributed by atoms with Crippen molar-refractivity contribution in [3.63, 3.8) is 0 Å². The first-order valence-corrected chi connectivity index (χ1v) is 9.77. The van der Waals surface area contributed by atoms with E-state index >= 15 is 0 Å². The lowest BCUT2D eigenvalue weighted by Crippen LogP contribution is -2.22. The van der Waals surface area contributed by atoms with E-state index in [9.17, 15) is 9.18 Å². The summed E-state index contributed by atoms with van der Waals surface area (Å²) < 4.78 is 15.0. The molecule has 1 atom stereocenters. The number of benzene rings is 2. The smallest absolute Gasteiger partial charge is 0.237 e. The number of anilines is 1. The van der Waals surface area contributed by atoms with Crippen LogP contribution in [0.5, 0.6) is 0 Å². The number of allylic oxidation sites excluding steroid dienone is 1. The Morgan fingerprint density at radius 1 is 1.25 bits per heavy atom. The first kappa shape index (κ1) is 20.1. The Morgan fingerprint density at radius 3 is 2.57 bits per heavy atom. The Morgan fingerprint density at radius 2 is 1.93 bits per heavy atom. The van der Waals surface area contributed by atoms with Gasteiger partial charge in [-0.25, -0.2) is 4.39 Å². The van der Waals surface area contributed by atoms with Crippen molar-refractivity contribution in [2.45, 2.75) is 23.9 Å². The summed E-state index contributed by atoms with van der Waals surface area (Å²) in [6.07, 6.45) is 1.72. The fourth-order valence-electron chi connectivity index (χ4n) is 2.47. The maximum Gasteiger partial charge on any atom is 0.237 e. The number of hydrogen-bond acceptors (Lipinski definition) is 4. The van der Waals surface area contributed by atoms with Gasteiger partial charge in [0, 0.05) is 22.8 Å². The summed E-state index contributed by atoms with van der Waals surface area (Å²) in [5, 5.41) is 12.0. The molecule has 0 bridgehead atoms. The van der Waals surface area contributed by atoms with Gasteiger partial charge in [-0.3, -0.25) is 9.36 Å². The normalized spacial score (nSPS) is 11.8. The molecule has 3 rings (SSSR count). The first-order chi connectivity index (χ1) is 13.5. The Labute approximate surface area is 171 Å². The molecule has 0 spiro atoms. The number of thioether (sulfide) groups is 1. The number of carbonyl (C=O) groups is 1. The first-order valence-electron chi connectivity index (χ1n) is 8.51. The fraction of sp³-hybridized carbons (Fsp3) is 0.150. The second-order valence-electron chi connectivity index (χ2n) is 5.97. The van der Waals surface area contributed by atoms with Crippen LogP contribution < -0.4 is 5.32 Å². The lowest BCUT2D eigenvalue weighted by molar-refractivity contribution is -0.115. The van der Waals surface area contributed by atoms with Gasteiger partial charge in [0.05, 0.1) is 5.25 Å². The quantitative estimate of drug-likeness (QED) is 0.433. The van der Waals surface area contributed by atoms with E-state index in [2.05, 4.69) is 22.1 Å². The summed E-state index contributed by atoms with van der Waals surface area (Å²) in [5.74, 6) is 0.108. The largest absolute Gasteiger partial charge is 0.325 e. The van der Waals surface area contributed by atoms with Gasteiger partial charge in [-0.05, 0) is 55.5 Å². The highest BCUT2D eigenvalue weighted by molar-refractivity contribution is 8.00. The highest BCUT2D eigenvalue weighted by Gasteiger charge is 2.20. The molecule has 0 saturated carbocycles. The summed E-state index contributed by atoms with van der Waals surface area (Å²) in [7, 11) is 0. The van der Waals surface area contributed by atoms with Crippen LogP contribution in [0, 0.1) is 5.82 Å². The maximum atomic E-state index is 13.2. The van der Waals surface area contributed by atoms with Crippen LogP contribution >= 0.6 is 23.4 Å². The third-order valence-electron chi connectivity index (χ3n) is 3.89. The van der Waals surface area contributed by atoms with E-state index in [1.165, 1.54) is 23.9 Å². The average molecular weight is 417 g/mol. The Balaban J connectivity index is 1.77. The van der Waals surface area contributed by atoms with Crippen molar-refractivity contribution in [2.24, 2.45) is 0 Å². The highest BCUT2D eigenvalue weighted by Crippen LogP contribution is 2.27. The zero-order chi connectivity index (χ0) is 20.1. The van der Waals surface area contributed by atoms with Gasteiger partial charge in [-0.1, -0.05) is 29.4 Å². The molecule has 1 aromatic heterocycles. The number of hydrogen-bond donors (Lipinski definition) is 1.